The average Bonchev–Trinajstić information content (AvgIpc) is 1.81. The summed E-state index contributed by atoms with van der Waals surface area (Å²) in [5.41, 5.74) is 0. The van der Waals surface area contributed by atoms with Gasteiger partial charge in [0.1, 0.15) is 0 Å². The Labute approximate surface area is 62.2 Å². The van der Waals surface area contributed by atoms with Gasteiger partial charge in [-0.3, -0.25) is 0 Å². The Morgan fingerprint density at radius 3 is 2.10 bits per heavy atom. The van der Waals surface area contributed by atoms with Crippen LogP contribution >= 0.6 is 0 Å². The minimum Gasteiger partial charge on any atom is -0.513 e. The summed E-state index contributed by atoms with van der Waals surface area (Å²) in [5, 5.41) is 17.6. The molecule has 0 saturated heterocycles. The third kappa shape index (κ3) is 3.51. The summed E-state index contributed by atoms with van der Waals surface area (Å²) in [6.45, 7) is 7.46. The van der Waals surface area contributed by atoms with Crippen LogP contribution < -0.4 is 0 Å². The lowest BCUT2D eigenvalue weighted by Gasteiger charge is -2.14. The van der Waals surface area contributed by atoms with E-state index in [0.717, 1.165) is 6.42 Å². The van der Waals surface area contributed by atoms with Gasteiger partial charge in [0.2, 0.25) is 0 Å². The molecule has 2 N–H and O–H groups in total. The monoisotopic (exact) mass is 144 g/mol. The first-order chi connectivity index (χ1) is 4.57. The lowest BCUT2D eigenvalue weighted by atomic mass is 9.97. The minimum atomic E-state index is -0.139. The zero-order valence-corrected chi connectivity index (χ0v) is 6.67. The largest absolute Gasteiger partial charge is 0.513 e. The smallest absolute Gasteiger partial charge is 0.0904 e. The van der Waals surface area contributed by atoms with Gasteiger partial charge in [-0.2, -0.15) is 0 Å². The molecular formula is C8H16O2. The zero-order valence-electron chi connectivity index (χ0n) is 6.67. The summed E-state index contributed by atoms with van der Waals surface area (Å²) in [7, 11) is 0. The average molecular weight is 144 g/mol. The van der Waals surface area contributed by atoms with Crippen molar-refractivity contribution < 1.29 is 10.2 Å². The van der Waals surface area contributed by atoms with E-state index in [9.17, 15) is 0 Å². The SMILES string of the molecule is C=C(O)C(CO)CC(C)C. The van der Waals surface area contributed by atoms with Crippen molar-refractivity contribution in [3.05, 3.63) is 12.3 Å². The van der Waals surface area contributed by atoms with Crippen LogP contribution in [0.5, 0.6) is 0 Å². The molecule has 10 heavy (non-hydrogen) atoms. The lowest BCUT2D eigenvalue weighted by Crippen LogP contribution is -2.11. The molecule has 0 radical (unpaired) electrons. The molecule has 0 aliphatic carbocycles. The van der Waals surface area contributed by atoms with Crippen LogP contribution in [0.2, 0.25) is 0 Å². The van der Waals surface area contributed by atoms with Crippen LogP contribution in [0.25, 0.3) is 0 Å². The fraction of sp³-hybridized carbons (Fsp3) is 0.750. The van der Waals surface area contributed by atoms with Crippen LogP contribution in [0.1, 0.15) is 20.3 Å². The van der Waals surface area contributed by atoms with Crippen molar-refractivity contribution in [3.8, 4) is 0 Å². The van der Waals surface area contributed by atoms with Crippen LogP contribution in [0.15, 0.2) is 12.3 Å². The van der Waals surface area contributed by atoms with Gasteiger partial charge in [0.15, 0.2) is 0 Å². The predicted molar refractivity (Wildman–Crippen MR) is 41.8 cm³/mol. The van der Waals surface area contributed by atoms with Gasteiger partial charge in [-0.1, -0.05) is 20.4 Å². The number of rotatable bonds is 4. The van der Waals surface area contributed by atoms with E-state index in [4.69, 9.17) is 10.2 Å². The van der Waals surface area contributed by atoms with E-state index in [1.807, 2.05) is 13.8 Å². The highest BCUT2D eigenvalue weighted by atomic mass is 16.3. The first-order valence-electron chi connectivity index (χ1n) is 3.56. The first-order valence-corrected chi connectivity index (χ1v) is 3.56. The maximum absolute atomic E-state index is 8.91. The number of hydrogen-bond donors (Lipinski definition) is 2. The van der Waals surface area contributed by atoms with E-state index < -0.39 is 0 Å². The number of aliphatic hydroxyl groups excluding tert-OH is 2. The molecule has 0 rings (SSSR count). The molecule has 1 atom stereocenters. The topological polar surface area (TPSA) is 40.5 Å². The third-order valence-electron chi connectivity index (χ3n) is 1.45. The summed E-state index contributed by atoms with van der Waals surface area (Å²) in [6, 6.07) is 0. The Hall–Kier alpha value is -0.500. The maximum Gasteiger partial charge on any atom is 0.0904 e. The summed E-state index contributed by atoms with van der Waals surface area (Å²) < 4.78 is 0. The third-order valence-corrected chi connectivity index (χ3v) is 1.45. The fourth-order valence-electron chi connectivity index (χ4n) is 0.885. The van der Waals surface area contributed by atoms with Crippen LogP contribution in [0, 0.1) is 11.8 Å². The molecule has 0 fully saturated rings. The van der Waals surface area contributed by atoms with E-state index >= 15 is 0 Å². The van der Waals surface area contributed by atoms with E-state index in [1.165, 1.54) is 0 Å². The number of hydrogen-bond acceptors (Lipinski definition) is 2. The van der Waals surface area contributed by atoms with E-state index in [-0.39, 0.29) is 18.3 Å². The van der Waals surface area contributed by atoms with Gasteiger partial charge in [-0.15, -0.1) is 0 Å². The van der Waals surface area contributed by atoms with Crippen LogP contribution in [0.4, 0.5) is 0 Å². The molecule has 0 aliphatic rings. The van der Waals surface area contributed by atoms with Gasteiger partial charge in [-0.25, -0.2) is 0 Å². The Kier molecular flexibility index (Phi) is 4.12. The van der Waals surface area contributed by atoms with Crippen molar-refractivity contribution in [1.82, 2.24) is 0 Å². The molecule has 1 unspecified atom stereocenters. The molecule has 0 spiro atoms. The standard InChI is InChI=1S/C8H16O2/c1-6(2)4-8(5-9)7(3)10/h6,8-10H,3-5H2,1-2H3. The molecule has 2 nitrogen and oxygen atoms in total. The van der Waals surface area contributed by atoms with Crippen LogP contribution in [-0.2, 0) is 0 Å². The van der Waals surface area contributed by atoms with E-state index in [1.54, 1.807) is 0 Å². The van der Waals surface area contributed by atoms with Gasteiger partial charge in [0, 0.05) is 5.92 Å². The van der Waals surface area contributed by atoms with Crippen LogP contribution in [0.3, 0.4) is 0 Å². The van der Waals surface area contributed by atoms with Crippen molar-refractivity contribution in [2.45, 2.75) is 20.3 Å². The number of aliphatic hydroxyl groups is 2. The highest BCUT2D eigenvalue weighted by Gasteiger charge is 2.11. The molecule has 0 aromatic carbocycles. The Balaban J connectivity index is 3.72. The lowest BCUT2D eigenvalue weighted by molar-refractivity contribution is 0.186. The molecule has 0 amide bonds. The van der Waals surface area contributed by atoms with E-state index in [0.29, 0.717) is 5.92 Å². The van der Waals surface area contributed by atoms with Gasteiger partial charge < -0.3 is 10.2 Å². The Bertz CT molecular complexity index is 108. The molecule has 0 aliphatic heterocycles. The second-order valence-electron chi connectivity index (χ2n) is 3.00. The van der Waals surface area contributed by atoms with Gasteiger partial charge in [-0.05, 0) is 12.3 Å². The highest BCUT2D eigenvalue weighted by molar-refractivity contribution is 4.88. The maximum atomic E-state index is 8.91. The van der Waals surface area contributed by atoms with Crippen molar-refractivity contribution in [3.63, 3.8) is 0 Å². The van der Waals surface area contributed by atoms with Crippen molar-refractivity contribution in [2.24, 2.45) is 11.8 Å². The molecule has 60 valence electrons. The van der Waals surface area contributed by atoms with Gasteiger partial charge in [0.25, 0.3) is 0 Å². The summed E-state index contributed by atoms with van der Waals surface area (Å²) in [5.74, 6) is 0.442. The summed E-state index contributed by atoms with van der Waals surface area (Å²) in [4.78, 5) is 0. The van der Waals surface area contributed by atoms with Crippen molar-refractivity contribution in [1.29, 1.82) is 0 Å². The molecule has 0 aromatic rings. The van der Waals surface area contributed by atoms with Gasteiger partial charge in [0.05, 0.1) is 12.4 Å². The second kappa shape index (κ2) is 4.34. The molecular weight excluding hydrogens is 128 g/mol. The van der Waals surface area contributed by atoms with Crippen LogP contribution in [-0.4, -0.2) is 16.8 Å². The first kappa shape index (κ1) is 9.50. The molecule has 0 heterocycles. The molecule has 0 saturated carbocycles. The normalized spacial score (nSPS) is 13.6. The fourth-order valence-corrected chi connectivity index (χ4v) is 0.885. The van der Waals surface area contributed by atoms with Crippen molar-refractivity contribution >= 4 is 0 Å². The second-order valence-corrected chi connectivity index (χ2v) is 3.00. The quantitative estimate of drug-likeness (QED) is 0.590. The molecule has 0 aromatic heterocycles. The minimum absolute atomic E-state index is 0.00644. The Morgan fingerprint density at radius 2 is 2.00 bits per heavy atom. The molecule has 0 bridgehead atoms. The summed E-state index contributed by atoms with van der Waals surface area (Å²) in [6.07, 6.45) is 0.797. The molecule has 2 heteroatoms. The van der Waals surface area contributed by atoms with E-state index in [2.05, 4.69) is 6.58 Å². The van der Waals surface area contributed by atoms with Gasteiger partial charge >= 0.3 is 0 Å². The van der Waals surface area contributed by atoms with Crippen molar-refractivity contribution in [2.75, 3.05) is 6.61 Å². The summed E-state index contributed by atoms with van der Waals surface area (Å²) >= 11 is 0. The predicted octanol–water partition coefficient (Wildman–Crippen LogP) is 1.71. The Morgan fingerprint density at radius 1 is 1.50 bits per heavy atom. The zero-order chi connectivity index (χ0) is 8.15. The highest BCUT2D eigenvalue weighted by Crippen LogP contribution is 2.15.